The molecule has 3 N–H and O–H groups in total. The van der Waals surface area contributed by atoms with Crippen molar-refractivity contribution in [3.63, 3.8) is 0 Å². The number of rotatable bonds is 2. The summed E-state index contributed by atoms with van der Waals surface area (Å²) >= 11 is 0. The molecule has 0 radical (unpaired) electrons. The van der Waals surface area contributed by atoms with Crippen molar-refractivity contribution < 1.29 is 0 Å². The van der Waals surface area contributed by atoms with Crippen molar-refractivity contribution in [3.05, 3.63) is 18.1 Å². The first-order valence-electron chi connectivity index (χ1n) is 6.78. The van der Waals surface area contributed by atoms with E-state index in [1.807, 2.05) is 0 Å². The SMILES string of the molecule is C[C@@H]1CN(c2cc(C3CC(N)C3)ncn2)CCN1. The van der Waals surface area contributed by atoms with Gasteiger partial charge in [0.05, 0.1) is 0 Å². The van der Waals surface area contributed by atoms with E-state index in [9.17, 15) is 0 Å². The first-order valence-corrected chi connectivity index (χ1v) is 6.78. The number of piperazine rings is 1. The van der Waals surface area contributed by atoms with Crippen molar-refractivity contribution in [2.45, 2.75) is 37.8 Å². The number of aromatic nitrogens is 2. The van der Waals surface area contributed by atoms with Gasteiger partial charge < -0.3 is 16.0 Å². The maximum absolute atomic E-state index is 5.84. The van der Waals surface area contributed by atoms with Crippen molar-refractivity contribution in [2.24, 2.45) is 5.73 Å². The minimum Gasteiger partial charge on any atom is -0.354 e. The van der Waals surface area contributed by atoms with E-state index in [0.29, 0.717) is 18.0 Å². The third-order valence-corrected chi connectivity index (χ3v) is 3.96. The highest BCUT2D eigenvalue weighted by atomic mass is 15.2. The Morgan fingerprint density at radius 2 is 2.22 bits per heavy atom. The molecule has 2 fully saturated rings. The summed E-state index contributed by atoms with van der Waals surface area (Å²) in [4.78, 5) is 11.2. The van der Waals surface area contributed by atoms with Crippen LogP contribution in [0.15, 0.2) is 12.4 Å². The molecule has 5 heteroatoms. The molecule has 2 heterocycles. The standard InChI is InChI=1S/C13H21N5/c1-9-7-18(3-2-15-9)13-6-12(16-8-17-13)10-4-11(14)5-10/h6,8-11,15H,2-5,7,14H2,1H3/t9-,10?,11?/m1/s1. The first kappa shape index (κ1) is 11.9. The van der Waals surface area contributed by atoms with Crippen LogP contribution in [0.3, 0.4) is 0 Å². The summed E-state index contributed by atoms with van der Waals surface area (Å²) in [5, 5.41) is 3.45. The zero-order valence-electron chi connectivity index (χ0n) is 10.8. The highest BCUT2D eigenvalue weighted by molar-refractivity contribution is 5.41. The Morgan fingerprint density at radius 1 is 1.39 bits per heavy atom. The van der Waals surface area contributed by atoms with Gasteiger partial charge in [0.25, 0.3) is 0 Å². The van der Waals surface area contributed by atoms with Crippen molar-refractivity contribution in [1.82, 2.24) is 15.3 Å². The number of hydrogen-bond acceptors (Lipinski definition) is 5. The maximum Gasteiger partial charge on any atom is 0.132 e. The molecule has 0 bridgehead atoms. The van der Waals surface area contributed by atoms with Gasteiger partial charge >= 0.3 is 0 Å². The predicted molar refractivity (Wildman–Crippen MR) is 71.7 cm³/mol. The topological polar surface area (TPSA) is 67.1 Å². The van der Waals surface area contributed by atoms with Crippen LogP contribution in [0.4, 0.5) is 5.82 Å². The van der Waals surface area contributed by atoms with E-state index in [4.69, 9.17) is 5.73 Å². The van der Waals surface area contributed by atoms with E-state index in [0.717, 1.165) is 44.0 Å². The van der Waals surface area contributed by atoms with Crippen molar-refractivity contribution in [1.29, 1.82) is 0 Å². The number of nitrogens with one attached hydrogen (secondary N) is 1. The van der Waals surface area contributed by atoms with Gasteiger partial charge in [-0.2, -0.15) is 0 Å². The second-order valence-corrected chi connectivity index (χ2v) is 5.53. The highest BCUT2D eigenvalue weighted by Crippen LogP contribution is 2.35. The van der Waals surface area contributed by atoms with Gasteiger partial charge in [0.2, 0.25) is 0 Å². The lowest BCUT2D eigenvalue weighted by molar-refractivity contribution is 0.345. The van der Waals surface area contributed by atoms with Crippen LogP contribution in [-0.2, 0) is 0 Å². The molecule has 1 aromatic heterocycles. The van der Waals surface area contributed by atoms with Gasteiger partial charge in [0, 0.05) is 49.4 Å². The summed E-state index contributed by atoms with van der Waals surface area (Å²) in [6, 6.07) is 3.04. The van der Waals surface area contributed by atoms with Crippen molar-refractivity contribution >= 4 is 5.82 Å². The van der Waals surface area contributed by atoms with E-state index in [2.05, 4.69) is 33.2 Å². The lowest BCUT2D eigenvalue weighted by Gasteiger charge is -2.34. The maximum atomic E-state index is 5.84. The number of hydrogen-bond donors (Lipinski definition) is 2. The van der Waals surface area contributed by atoms with Gasteiger partial charge in [-0.1, -0.05) is 0 Å². The predicted octanol–water partition coefficient (Wildman–Crippen LogP) is 0.479. The molecule has 1 atom stereocenters. The third-order valence-electron chi connectivity index (χ3n) is 3.96. The summed E-state index contributed by atoms with van der Waals surface area (Å²) in [6.45, 7) is 5.26. The van der Waals surface area contributed by atoms with Crippen LogP contribution in [0, 0.1) is 0 Å². The second-order valence-electron chi connectivity index (χ2n) is 5.53. The monoisotopic (exact) mass is 247 g/mol. The normalized spacial score (nSPS) is 32.1. The van der Waals surface area contributed by atoms with Crippen LogP contribution < -0.4 is 16.0 Å². The molecule has 18 heavy (non-hydrogen) atoms. The van der Waals surface area contributed by atoms with Crippen LogP contribution in [0.5, 0.6) is 0 Å². The van der Waals surface area contributed by atoms with Crippen LogP contribution >= 0.6 is 0 Å². The van der Waals surface area contributed by atoms with E-state index < -0.39 is 0 Å². The lowest BCUT2D eigenvalue weighted by atomic mass is 9.78. The van der Waals surface area contributed by atoms with E-state index in [1.165, 1.54) is 0 Å². The van der Waals surface area contributed by atoms with Crippen LogP contribution in [-0.4, -0.2) is 41.7 Å². The van der Waals surface area contributed by atoms with E-state index >= 15 is 0 Å². The van der Waals surface area contributed by atoms with Gasteiger partial charge in [-0.05, 0) is 19.8 Å². The molecule has 1 aromatic rings. The van der Waals surface area contributed by atoms with Crippen molar-refractivity contribution in [2.75, 3.05) is 24.5 Å². The quantitative estimate of drug-likeness (QED) is 0.795. The molecule has 1 saturated heterocycles. The molecular weight excluding hydrogens is 226 g/mol. The Kier molecular flexibility index (Phi) is 3.18. The summed E-state index contributed by atoms with van der Waals surface area (Å²) in [7, 11) is 0. The van der Waals surface area contributed by atoms with Gasteiger partial charge in [0.1, 0.15) is 12.1 Å². The summed E-state index contributed by atoms with van der Waals surface area (Å²) in [6.07, 6.45) is 3.82. The van der Waals surface area contributed by atoms with Crippen LogP contribution in [0.2, 0.25) is 0 Å². The Morgan fingerprint density at radius 3 is 2.94 bits per heavy atom. The Balaban J connectivity index is 1.74. The Hall–Kier alpha value is -1.20. The summed E-state index contributed by atoms with van der Waals surface area (Å²) in [5.41, 5.74) is 7.00. The molecule has 1 aliphatic heterocycles. The Labute approximate surface area is 108 Å². The minimum absolute atomic E-state index is 0.368. The highest BCUT2D eigenvalue weighted by Gasteiger charge is 2.29. The molecule has 0 spiro atoms. The molecule has 0 unspecified atom stereocenters. The molecular formula is C13H21N5. The summed E-state index contributed by atoms with van der Waals surface area (Å²) < 4.78 is 0. The first-order chi connectivity index (χ1) is 8.72. The van der Waals surface area contributed by atoms with E-state index in [1.54, 1.807) is 6.33 Å². The van der Waals surface area contributed by atoms with Gasteiger partial charge in [-0.15, -0.1) is 0 Å². The Bertz CT molecular complexity index is 416. The van der Waals surface area contributed by atoms with Crippen LogP contribution in [0.25, 0.3) is 0 Å². The lowest BCUT2D eigenvalue weighted by Crippen LogP contribution is -2.49. The molecule has 98 valence electrons. The largest absolute Gasteiger partial charge is 0.354 e. The second kappa shape index (κ2) is 4.82. The fourth-order valence-electron chi connectivity index (χ4n) is 2.80. The average molecular weight is 247 g/mol. The van der Waals surface area contributed by atoms with Crippen molar-refractivity contribution in [3.8, 4) is 0 Å². The van der Waals surface area contributed by atoms with E-state index in [-0.39, 0.29) is 0 Å². The fraction of sp³-hybridized carbons (Fsp3) is 0.692. The molecule has 1 saturated carbocycles. The molecule has 0 aromatic carbocycles. The molecule has 0 amide bonds. The number of nitrogens with zero attached hydrogens (tertiary/aromatic N) is 3. The van der Waals surface area contributed by atoms with Gasteiger partial charge in [0.15, 0.2) is 0 Å². The molecule has 3 rings (SSSR count). The van der Waals surface area contributed by atoms with Crippen LogP contribution in [0.1, 0.15) is 31.4 Å². The average Bonchev–Trinajstić information content (AvgIpc) is 2.35. The molecule has 1 aliphatic carbocycles. The third kappa shape index (κ3) is 2.33. The van der Waals surface area contributed by atoms with Gasteiger partial charge in [-0.3, -0.25) is 0 Å². The molecule has 5 nitrogen and oxygen atoms in total. The molecule has 2 aliphatic rings. The zero-order valence-corrected chi connectivity index (χ0v) is 10.8. The smallest absolute Gasteiger partial charge is 0.132 e. The number of anilines is 1. The van der Waals surface area contributed by atoms with Gasteiger partial charge in [-0.25, -0.2) is 9.97 Å². The fourth-order valence-corrected chi connectivity index (χ4v) is 2.80. The zero-order chi connectivity index (χ0) is 12.5. The number of nitrogens with two attached hydrogens (primary N) is 1. The summed E-state index contributed by atoms with van der Waals surface area (Å²) in [5.74, 6) is 1.61. The minimum atomic E-state index is 0.368.